The number of aromatic amines is 1. The lowest BCUT2D eigenvalue weighted by Crippen LogP contribution is -2.17. The van der Waals surface area contributed by atoms with Gasteiger partial charge in [0.2, 0.25) is 0 Å². The SMILES string of the molecule is CNC(c1cn[nH]n1)c1cc2cc(F)ccc2o1. The Labute approximate surface area is 102 Å². The molecule has 3 aromatic rings. The Bertz CT molecular complexity index is 662. The second-order valence-corrected chi connectivity index (χ2v) is 3.95. The van der Waals surface area contributed by atoms with E-state index in [-0.39, 0.29) is 11.9 Å². The maximum atomic E-state index is 13.1. The first-order valence-corrected chi connectivity index (χ1v) is 5.50. The molecule has 18 heavy (non-hydrogen) atoms. The fourth-order valence-electron chi connectivity index (χ4n) is 1.96. The molecule has 1 aromatic carbocycles. The molecule has 0 saturated carbocycles. The van der Waals surface area contributed by atoms with Gasteiger partial charge in [-0.2, -0.15) is 15.4 Å². The molecule has 2 heterocycles. The van der Waals surface area contributed by atoms with Gasteiger partial charge >= 0.3 is 0 Å². The van der Waals surface area contributed by atoms with Crippen LogP contribution in [-0.2, 0) is 0 Å². The zero-order valence-electron chi connectivity index (χ0n) is 9.64. The van der Waals surface area contributed by atoms with Crippen molar-refractivity contribution in [3.8, 4) is 0 Å². The Hall–Kier alpha value is -2.21. The number of aromatic nitrogens is 3. The van der Waals surface area contributed by atoms with Gasteiger partial charge in [0.15, 0.2) is 0 Å². The Balaban J connectivity index is 2.07. The third kappa shape index (κ3) is 1.76. The maximum Gasteiger partial charge on any atom is 0.134 e. The van der Waals surface area contributed by atoms with Crippen molar-refractivity contribution in [3.05, 3.63) is 47.7 Å². The van der Waals surface area contributed by atoms with Crippen LogP contribution in [0.4, 0.5) is 4.39 Å². The summed E-state index contributed by atoms with van der Waals surface area (Å²) in [5, 5.41) is 14.2. The van der Waals surface area contributed by atoms with Crippen LogP contribution in [0.1, 0.15) is 17.5 Å². The van der Waals surface area contributed by atoms with E-state index in [0.29, 0.717) is 11.3 Å². The molecule has 92 valence electrons. The van der Waals surface area contributed by atoms with Crippen LogP contribution < -0.4 is 5.32 Å². The minimum Gasteiger partial charge on any atom is -0.459 e. The number of nitrogens with one attached hydrogen (secondary N) is 2. The first kappa shape index (κ1) is 10.9. The Morgan fingerprint density at radius 1 is 1.39 bits per heavy atom. The molecule has 0 aliphatic rings. The number of halogens is 1. The third-order valence-corrected chi connectivity index (χ3v) is 2.80. The minimum atomic E-state index is -0.280. The molecule has 0 fully saturated rings. The van der Waals surface area contributed by atoms with E-state index in [9.17, 15) is 4.39 Å². The third-order valence-electron chi connectivity index (χ3n) is 2.80. The van der Waals surface area contributed by atoms with Crippen molar-refractivity contribution in [1.82, 2.24) is 20.7 Å². The standard InChI is InChI=1S/C12H11FN4O/c1-14-12(9-6-15-17-16-9)11-5-7-4-8(13)2-3-10(7)18-11/h2-6,12,14H,1H3,(H,15,16,17). The number of hydrogen-bond acceptors (Lipinski definition) is 4. The van der Waals surface area contributed by atoms with Gasteiger partial charge < -0.3 is 9.73 Å². The fourth-order valence-corrected chi connectivity index (χ4v) is 1.96. The zero-order valence-corrected chi connectivity index (χ0v) is 9.64. The Kier molecular flexibility index (Phi) is 2.56. The molecule has 1 unspecified atom stereocenters. The van der Waals surface area contributed by atoms with Gasteiger partial charge in [0.1, 0.15) is 28.9 Å². The van der Waals surface area contributed by atoms with Crippen LogP contribution in [0.25, 0.3) is 11.0 Å². The van der Waals surface area contributed by atoms with Gasteiger partial charge in [0.05, 0.1) is 6.20 Å². The molecule has 2 aromatic heterocycles. The highest BCUT2D eigenvalue weighted by Crippen LogP contribution is 2.27. The van der Waals surface area contributed by atoms with E-state index < -0.39 is 0 Å². The highest BCUT2D eigenvalue weighted by atomic mass is 19.1. The largest absolute Gasteiger partial charge is 0.459 e. The van der Waals surface area contributed by atoms with Crippen LogP contribution in [-0.4, -0.2) is 22.5 Å². The summed E-state index contributed by atoms with van der Waals surface area (Å²) in [5.74, 6) is 0.393. The van der Waals surface area contributed by atoms with Crippen molar-refractivity contribution in [2.45, 2.75) is 6.04 Å². The Morgan fingerprint density at radius 2 is 2.28 bits per heavy atom. The highest BCUT2D eigenvalue weighted by molar-refractivity contribution is 5.78. The lowest BCUT2D eigenvalue weighted by molar-refractivity contribution is 0.485. The van der Waals surface area contributed by atoms with Crippen LogP contribution in [0.3, 0.4) is 0 Å². The molecule has 1 atom stereocenters. The van der Waals surface area contributed by atoms with Crippen LogP contribution in [0.2, 0.25) is 0 Å². The molecule has 0 radical (unpaired) electrons. The average molecular weight is 246 g/mol. The number of fused-ring (bicyclic) bond motifs is 1. The summed E-state index contributed by atoms with van der Waals surface area (Å²) < 4.78 is 18.8. The van der Waals surface area contributed by atoms with E-state index in [1.165, 1.54) is 12.1 Å². The van der Waals surface area contributed by atoms with Crippen molar-refractivity contribution in [1.29, 1.82) is 0 Å². The van der Waals surface area contributed by atoms with E-state index in [0.717, 1.165) is 11.1 Å². The summed E-state index contributed by atoms with van der Waals surface area (Å²) in [6, 6.07) is 6.02. The van der Waals surface area contributed by atoms with Crippen molar-refractivity contribution in [2.24, 2.45) is 0 Å². The molecule has 0 spiro atoms. The Morgan fingerprint density at radius 3 is 3.00 bits per heavy atom. The molecular weight excluding hydrogens is 235 g/mol. The van der Waals surface area contributed by atoms with E-state index in [1.54, 1.807) is 25.4 Å². The van der Waals surface area contributed by atoms with Crippen LogP contribution in [0.15, 0.2) is 34.9 Å². The minimum absolute atomic E-state index is 0.209. The quantitative estimate of drug-likeness (QED) is 0.741. The first-order chi connectivity index (χ1) is 8.78. The van der Waals surface area contributed by atoms with Crippen molar-refractivity contribution < 1.29 is 8.81 Å². The van der Waals surface area contributed by atoms with E-state index in [2.05, 4.69) is 20.7 Å². The number of hydrogen-bond donors (Lipinski definition) is 2. The second-order valence-electron chi connectivity index (χ2n) is 3.95. The van der Waals surface area contributed by atoms with Gasteiger partial charge in [-0.1, -0.05) is 0 Å². The molecule has 2 N–H and O–H groups in total. The second kappa shape index (κ2) is 4.23. The number of nitrogens with zero attached hydrogens (tertiary/aromatic N) is 2. The fraction of sp³-hybridized carbons (Fsp3) is 0.167. The van der Waals surface area contributed by atoms with E-state index in [4.69, 9.17) is 4.42 Å². The molecule has 0 bridgehead atoms. The van der Waals surface area contributed by atoms with Gasteiger partial charge in [-0.15, -0.1) is 0 Å². The molecule has 6 heteroatoms. The predicted molar refractivity (Wildman–Crippen MR) is 63.5 cm³/mol. The highest BCUT2D eigenvalue weighted by Gasteiger charge is 2.19. The molecule has 3 rings (SSSR count). The van der Waals surface area contributed by atoms with Crippen LogP contribution in [0, 0.1) is 5.82 Å². The van der Waals surface area contributed by atoms with Crippen LogP contribution in [0.5, 0.6) is 0 Å². The molecular formula is C12H11FN4O. The lowest BCUT2D eigenvalue weighted by Gasteiger charge is -2.08. The van der Waals surface area contributed by atoms with Gasteiger partial charge in [0.25, 0.3) is 0 Å². The van der Waals surface area contributed by atoms with E-state index >= 15 is 0 Å². The number of furan rings is 1. The zero-order chi connectivity index (χ0) is 12.5. The van der Waals surface area contributed by atoms with Gasteiger partial charge in [0, 0.05) is 5.39 Å². The van der Waals surface area contributed by atoms with E-state index in [1.807, 2.05) is 0 Å². The molecule has 0 aliphatic heterocycles. The number of rotatable bonds is 3. The summed E-state index contributed by atoms with van der Waals surface area (Å²) in [7, 11) is 1.80. The summed E-state index contributed by atoms with van der Waals surface area (Å²) in [5.41, 5.74) is 1.37. The maximum absolute atomic E-state index is 13.1. The summed E-state index contributed by atoms with van der Waals surface area (Å²) >= 11 is 0. The van der Waals surface area contributed by atoms with Crippen molar-refractivity contribution in [2.75, 3.05) is 7.05 Å². The van der Waals surface area contributed by atoms with Gasteiger partial charge in [-0.05, 0) is 31.3 Å². The molecule has 0 aliphatic carbocycles. The lowest BCUT2D eigenvalue weighted by atomic mass is 10.1. The average Bonchev–Trinajstić information content (AvgIpc) is 2.98. The van der Waals surface area contributed by atoms with Gasteiger partial charge in [-0.3, -0.25) is 0 Å². The first-order valence-electron chi connectivity index (χ1n) is 5.50. The molecule has 0 saturated heterocycles. The predicted octanol–water partition coefficient (Wildman–Crippen LogP) is 2.00. The van der Waals surface area contributed by atoms with Crippen LogP contribution >= 0.6 is 0 Å². The van der Waals surface area contributed by atoms with Gasteiger partial charge in [-0.25, -0.2) is 4.39 Å². The molecule has 5 nitrogen and oxygen atoms in total. The monoisotopic (exact) mass is 246 g/mol. The summed E-state index contributed by atoms with van der Waals surface area (Å²) in [6.45, 7) is 0. The molecule has 0 amide bonds. The summed E-state index contributed by atoms with van der Waals surface area (Å²) in [6.07, 6.45) is 1.62. The topological polar surface area (TPSA) is 66.7 Å². The normalized spacial score (nSPS) is 13.0. The number of benzene rings is 1. The summed E-state index contributed by atoms with van der Waals surface area (Å²) in [4.78, 5) is 0. The van der Waals surface area contributed by atoms with Crippen molar-refractivity contribution in [3.63, 3.8) is 0 Å². The van der Waals surface area contributed by atoms with Crippen molar-refractivity contribution >= 4 is 11.0 Å². The smallest absolute Gasteiger partial charge is 0.134 e. The number of H-pyrrole nitrogens is 1.